The lowest BCUT2D eigenvalue weighted by Gasteiger charge is -2.31. The van der Waals surface area contributed by atoms with E-state index >= 15 is 0 Å². The van der Waals surface area contributed by atoms with E-state index in [1.165, 1.54) is 4.31 Å². The zero-order chi connectivity index (χ0) is 18.0. The van der Waals surface area contributed by atoms with Crippen molar-refractivity contribution < 1.29 is 17.5 Å². The van der Waals surface area contributed by atoms with Gasteiger partial charge in [0.15, 0.2) is 5.82 Å². The maximum atomic E-state index is 12.9. The molecule has 2 aromatic rings. The molecule has 1 atom stereocenters. The van der Waals surface area contributed by atoms with Gasteiger partial charge in [0.25, 0.3) is 0 Å². The fraction of sp³-hybridized carbons (Fsp3) is 0.412. The fourth-order valence-electron chi connectivity index (χ4n) is 2.75. The summed E-state index contributed by atoms with van der Waals surface area (Å²) in [7, 11) is -3.58. The lowest BCUT2D eigenvalue weighted by atomic mass is 10.1. The van der Waals surface area contributed by atoms with Gasteiger partial charge in [-0.05, 0) is 49.9 Å². The number of benzene rings is 1. The zero-order valence-electron chi connectivity index (χ0n) is 14.1. The highest BCUT2D eigenvalue weighted by atomic mass is 32.2. The number of sulfonamides is 1. The van der Waals surface area contributed by atoms with E-state index in [4.69, 9.17) is 4.74 Å². The highest BCUT2D eigenvalue weighted by molar-refractivity contribution is 7.89. The van der Waals surface area contributed by atoms with E-state index < -0.39 is 15.8 Å². The molecule has 6 nitrogen and oxygen atoms in total. The Morgan fingerprint density at radius 1 is 1.20 bits per heavy atom. The van der Waals surface area contributed by atoms with E-state index in [0.717, 1.165) is 23.5 Å². The number of hydrogen-bond acceptors (Lipinski definition) is 5. The minimum Gasteiger partial charge on any atom is -0.459 e. The number of halogens is 1. The molecule has 2 heterocycles. The van der Waals surface area contributed by atoms with Crippen LogP contribution in [0.3, 0.4) is 0 Å². The molecule has 0 N–H and O–H groups in total. The Kier molecular flexibility index (Phi) is 5.01. The van der Waals surface area contributed by atoms with Crippen LogP contribution in [0.5, 0.6) is 6.01 Å². The van der Waals surface area contributed by atoms with Crippen molar-refractivity contribution in [2.75, 3.05) is 13.1 Å². The second-order valence-electron chi connectivity index (χ2n) is 6.18. The molecule has 1 saturated heterocycles. The third-order valence-corrected chi connectivity index (χ3v) is 6.19. The minimum atomic E-state index is -3.58. The molecule has 0 spiro atoms. The molecular weight excluding hydrogens is 345 g/mol. The first-order valence-electron chi connectivity index (χ1n) is 8.08. The SMILES string of the molecule is Cc1ccc(S(=O)(=O)N2CCCC(Oc3ncc(F)cn3)C2)cc1C. The molecule has 0 amide bonds. The van der Waals surface area contributed by atoms with Gasteiger partial charge in [0.05, 0.1) is 23.8 Å². The number of piperidine rings is 1. The summed E-state index contributed by atoms with van der Waals surface area (Å²) in [5, 5.41) is 0. The van der Waals surface area contributed by atoms with Crippen molar-refractivity contribution in [3.63, 3.8) is 0 Å². The van der Waals surface area contributed by atoms with Crippen LogP contribution in [0.4, 0.5) is 4.39 Å². The number of aromatic nitrogens is 2. The van der Waals surface area contributed by atoms with Gasteiger partial charge < -0.3 is 4.74 Å². The second-order valence-corrected chi connectivity index (χ2v) is 8.11. The summed E-state index contributed by atoms with van der Waals surface area (Å²) in [4.78, 5) is 7.81. The van der Waals surface area contributed by atoms with Crippen molar-refractivity contribution in [3.8, 4) is 6.01 Å². The van der Waals surface area contributed by atoms with Gasteiger partial charge in [0.2, 0.25) is 10.0 Å². The van der Waals surface area contributed by atoms with Crippen LogP contribution in [-0.4, -0.2) is 41.9 Å². The largest absolute Gasteiger partial charge is 0.459 e. The summed E-state index contributed by atoms with van der Waals surface area (Å²) in [5.41, 5.74) is 1.98. The van der Waals surface area contributed by atoms with Gasteiger partial charge in [-0.2, -0.15) is 4.31 Å². The Bertz CT molecular complexity index is 856. The molecule has 3 rings (SSSR count). The Labute approximate surface area is 146 Å². The minimum absolute atomic E-state index is 0.0526. The summed E-state index contributed by atoms with van der Waals surface area (Å²) >= 11 is 0. The maximum Gasteiger partial charge on any atom is 0.316 e. The highest BCUT2D eigenvalue weighted by Crippen LogP contribution is 2.24. The van der Waals surface area contributed by atoms with Gasteiger partial charge in [-0.25, -0.2) is 22.8 Å². The van der Waals surface area contributed by atoms with Crippen LogP contribution >= 0.6 is 0 Å². The predicted octanol–water partition coefficient (Wildman–Crippen LogP) is 2.46. The molecule has 1 unspecified atom stereocenters. The molecular formula is C17H20FN3O3S. The molecule has 1 aromatic heterocycles. The van der Waals surface area contributed by atoms with Crippen LogP contribution in [0, 0.1) is 19.7 Å². The van der Waals surface area contributed by atoms with Crippen LogP contribution in [0.1, 0.15) is 24.0 Å². The average Bonchev–Trinajstić information content (AvgIpc) is 2.59. The number of aryl methyl sites for hydroxylation is 2. The number of rotatable bonds is 4. The van der Waals surface area contributed by atoms with Crippen molar-refractivity contribution in [1.82, 2.24) is 14.3 Å². The highest BCUT2D eigenvalue weighted by Gasteiger charge is 2.31. The third kappa shape index (κ3) is 3.96. The van der Waals surface area contributed by atoms with Gasteiger partial charge in [0.1, 0.15) is 6.10 Å². The normalized spacial score (nSPS) is 18.9. The van der Waals surface area contributed by atoms with E-state index in [0.29, 0.717) is 19.4 Å². The van der Waals surface area contributed by atoms with E-state index in [2.05, 4.69) is 9.97 Å². The fourth-order valence-corrected chi connectivity index (χ4v) is 4.35. The predicted molar refractivity (Wildman–Crippen MR) is 90.3 cm³/mol. The standard InChI is InChI=1S/C17H20FN3O3S/c1-12-5-6-16(8-13(12)2)25(22,23)21-7-3-4-15(11-21)24-17-19-9-14(18)10-20-17/h5-6,8-10,15H,3-4,7,11H2,1-2H3. The van der Waals surface area contributed by atoms with Crippen LogP contribution in [0.15, 0.2) is 35.5 Å². The van der Waals surface area contributed by atoms with Crippen LogP contribution in [0.25, 0.3) is 0 Å². The Hall–Kier alpha value is -2.06. The van der Waals surface area contributed by atoms with Crippen molar-refractivity contribution in [1.29, 1.82) is 0 Å². The monoisotopic (exact) mass is 365 g/mol. The molecule has 134 valence electrons. The number of hydrogen-bond donors (Lipinski definition) is 0. The average molecular weight is 365 g/mol. The van der Waals surface area contributed by atoms with Gasteiger partial charge >= 0.3 is 6.01 Å². The molecule has 0 aliphatic carbocycles. The Morgan fingerprint density at radius 3 is 2.60 bits per heavy atom. The molecule has 25 heavy (non-hydrogen) atoms. The van der Waals surface area contributed by atoms with Gasteiger partial charge in [0, 0.05) is 6.54 Å². The van der Waals surface area contributed by atoms with Crippen LogP contribution in [-0.2, 0) is 10.0 Å². The summed E-state index contributed by atoms with van der Waals surface area (Å²) in [6.07, 6.45) is 3.06. The first-order chi connectivity index (χ1) is 11.9. The lowest BCUT2D eigenvalue weighted by molar-refractivity contribution is 0.119. The van der Waals surface area contributed by atoms with E-state index in [1.54, 1.807) is 12.1 Å². The third-order valence-electron chi connectivity index (χ3n) is 4.33. The molecule has 0 bridgehead atoms. The number of ether oxygens (including phenoxy) is 1. The molecule has 0 saturated carbocycles. The first kappa shape index (κ1) is 17.8. The maximum absolute atomic E-state index is 12.9. The van der Waals surface area contributed by atoms with E-state index in [9.17, 15) is 12.8 Å². The Morgan fingerprint density at radius 2 is 1.92 bits per heavy atom. The molecule has 1 aliphatic rings. The van der Waals surface area contributed by atoms with Gasteiger partial charge in [-0.1, -0.05) is 6.07 Å². The van der Waals surface area contributed by atoms with E-state index in [1.807, 2.05) is 19.9 Å². The quantitative estimate of drug-likeness (QED) is 0.832. The topological polar surface area (TPSA) is 72.4 Å². The van der Waals surface area contributed by atoms with Crippen molar-refractivity contribution >= 4 is 10.0 Å². The molecule has 1 aromatic carbocycles. The summed E-state index contributed by atoms with van der Waals surface area (Å²) in [6.45, 7) is 4.50. The van der Waals surface area contributed by atoms with Crippen LogP contribution in [0.2, 0.25) is 0 Å². The zero-order valence-corrected chi connectivity index (χ0v) is 15.0. The van der Waals surface area contributed by atoms with E-state index in [-0.39, 0.29) is 23.6 Å². The summed E-state index contributed by atoms with van der Waals surface area (Å²) in [6, 6.07) is 5.19. The Balaban J connectivity index is 1.75. The van der Waals surface area contributed by atoms with Crippen LogP contribution < -0.4 is 4.74 Å². The number of nitrogens with zero attached hydrogens (tertiary/aromatic N) is 3. The summed E-state index contributed by atoms with van der Waals surface area (Å²) < 4.78 is 45.7. The first-order valence-corrected chi connectivity index (χ1v) is 9.52. The molecule has 8 heteroatoms. The van der Waals surface area contributed by atoms with Gasteiger partial charge in [-0.15, -0.1) is 0 Å². The smallest absolute Gasteiger partial charge is 0.316 e. The van der Waals surface area contributed by atoms with Crippen molar-refractivity contribution in [2.45, 2.75) is 37.7 Å². The van der Waals surface area contributed by atoms with Crippen molar-refractivity contribution in [2.24, 2.45) is 0 Å². The lowest BCUT2D eigenvalue weighted by Crippen LogP contribution is -2.44. The van der Waals surface area contributed by atoms with Gasteiger partial charge in [-0.3, -0.25) is 0 Å². The summed E-state index contributed by atoms with van der Waals surface area (Å²) in [5.74, 6) is -0.546. The second kappa shape index (κ2) is 7.05. The molecule has 0 radical (unpaired) electrons. The molecule has 1 aliphatic heterocycles. The van der Waals surface area contributed by atoms with Crippen molar-refractivity contribution in [3.05, 3.63) is 47.5 Å². The molecule has 1 fully saturated rings.